The van der Waals surface area contributed by atoms with Gasteiger partial charge in [-0.2, -0.15) is 0 Å². The number of nitrogens with one attached hydrogen (secondary N) is 1. The first-order valence-corrected chi connectivity index (χ1v) is 4.71. The van der Waals surface area contributed by atoms with Crippen LogP contribution in [0.4, 0.5) is 5.69 Å². The van der Waals surface area contributed by atoms with E-state index in [0.717, 1.165) is 5.56 Å². The number of aryl methyl sites for hydroxylation is 1. The highest BCUT2D eigenvalue weighted by atomic mass is 32.2. The number of hydrogen-bond acceptors (Lipinski definition) is 2. The van der Waals surface area contributed by atoms with E-state index in [1.165, 1.54) is 0 Å². The van der Waals surface area contributed by atoms with E-state index in [9.17, 15) is 8.42 Å². The van der Waals surface area contributed by atoms with E-state index in [0.29, 0.717) is 10.6 Å². The van der Waals surface area contributed by atoms with Crippen LogP contribution >= 0.6 is 0 Å². The summed E-state index contributed by atoms with van der Waals surface area (Å²) in [7, 11) is -3.11. The number of sulfonamides is 1. The third-order valence-electron chi connectivity index (χ3n) is 1.67. The molecular weight excluding hydrogens is 162 g/mol. The molecule has 0 radical (unpaired) electrons. The molecule has 1 aromatic carbocycles. The van der Waals surface area contributed by atoms with Crippen LogP contribution in [0.3, 0.4) is 0 Å². The molecule has 2 rings (SSSR count). The Kier molecular flexibility index (Phi) is 1.07. The second kappa shape index (κ2) is 1.76. The summed E-state index contributed by atoms with van der Waals surface area (Å²) in [6.07, 6.45) is 0. The van der Waals surface area contributed by atoms with Crippen molar-refractivity contribution >= 4 is 15.7 Å². The first-order chi connectivity index (χ1) is 5.09. The van der Waals surface area contributed by atoms with Crippen molar-refractivity contribution in [2.24, 2.45) is 0 Å². The normalized spacial score (nSPS) is 17.9. The zero-order chi connectivity index (χ0) is 8.06. The fraction of sp³-hybridized carbons (Fsp3) is 0.143. The van der Waals surface area contributed by atoms with E-state index < -0.39 is 10.0 Å². The summed E-state index contributed by atoms with van der Waals surface area (Å²) in [4.78, 5) is 0.414. The predicted octanol–water partition coefficient (Wildman–Crippen LogP) is 1.11. The summed E-state index contributed by atoms with van der Waals surface area (Å²) in [5, 5.41) is 0. The Morgan fingerprint density at radius 1 is 1.36 bits per heavy atom. The van der Waals surface area contributed by atoms with Crippen molar-refractivity contribution < 1.29 is 8.42 Å². The lowest BCUT2D eigenvalue weighted by atomic mass is 10.2. The highest BCUT2D eigenvalue weighted by Gasteiger charge is 2.28. The quantitative estimate of drug-likeness (QED) is 0.632. The maximum atomic E-state index is 11.0. The molecule has 1 heterocycles. The highest BCUT2D eigenvalue weighted by molar-refractivity contribution is 7.94. The van der Waals surface area contributed by atoms with Crippen molar-refractivity contribution in [2.75, 3.05) is 4.72 Å². The molecule has 11 heavy (non-hydrogen) atoms. The average molecular weight is 169 g/mol. The smallest absolute Gasteiger partial charge is 0.264 e. The minimum absolute atomic E-state index is 0.414. The second-order valence-corrected chi connectivity index (χ2v) is 4.26. The fourth-order valence-electron chi connectivity index (χ4n) is 1.09. The molecule has 0 fully saturated rings. The van der Waals surface area contributed by atoms with Gasteiger partial charge in [-0.25, -0.2) is 8.42 Å². The van der Waals surface area contributed by atoms with Gasteiger partial charge in [-0.3, -0.25) is 4.72 Å². The Morgan fingerprint density at radius 2 is 2.09 bits per heavy atom. The van der Waals surface area contributed by atoms with Gasteiger partial charge in [0.15, 0.2) is 0 Å². The molecule has 0 saturated heterocycles. The fourth-order valence-corrected chi connectivity index (χ4v) is 2.26. The van der Waals surface area contributed by atoms with Crippen LogP contribution in [0.2, 0.25) is 0 Å². The van der Waals surface area contributed by atoms with Crippen LogP contribution in [0.15, 0.2) is 23.1 Å². The molecule has 58 valence electrons. The highest BCUT2D eigenvalue weighted by Crippen LogP contribution is 2.32. The summed E-state index contributed by atoms with van der Waals surface area (Å²) in [6.45, 7) is 1.87. The van der Waals surface area contributed by atoms with Crippen molar-refractivity contribution in [3.8, 4) is 0 Å². The van der Waals surface area contributed by atoms with Crippen molar-refractivity contribution in [3.63, 3.8) is 0 Å². The Bertz CT molecular complexity index is 408. The van der Waals surface area contributed by atoms with Gasteiger partial charge in [-0.05, 0) is 24.6 Å². The Labute approximate surface area is 65.1 Å². The Morgan fingerprint density at radius 3 is 2.64 bits per heavy atom. The maximum Gasteiger partial charge on any atom is 0.264 e. The van der Waals surface area contributed by atoms with Crippen LogP contribution in [0.25, 0.3) is 0 Å². The van der Waals surface area contributed by atoms with Crippen molar-refractivity contribution in [1.29, 1.82) is 0 Å². The molecule has 3 nitrogen and oxygen atoms in total. The second-order valence-electron chi connectivity index (χ2n) is 2.61. The third kappa shape index (κ3) is 0.826. The van der Waals surface area contributed by atoms with Gasteiger partial charge in [0, 0.05) is 0 Å². The van der Waals surface area contributed by atoms with Crippen LogP contribution < -0.4 is 4.72 Å². The number of anilines is 1. The van der Waals surface area contributed by atoms with Gasteiger partial charge in [-0.1, -0.05) is 6.07 Å². The Balaban J connectivity index is 2.72. The van der Waals surface area contributed by atoms with E-state index in [-0.39, 0.29) is 0 Å². The molecule has 0 atom stereocenters. The van der Waals surface area contributed by atoms with Crippen LogP contribution in [0.5, 0.6) is 0 Å². The molecule has 0 unspecified atom stereocenters. The molecule has 0 saturated carbocycles. The summed E-state index contributed by atoms with van der Waals surface area (Å²) < 4.78 is 24.3. The van der Waals surface area contributed by atoms with Crippen LogP contribution in [-0.2, 0) is 10.0 Å². The molecule has 0 aromatic heterocycles. The van der Waals surface area contributed by atoms with Gasteiger partial charge >= 0.3 is 0 Å². The van der Waals surface area contributed by atoms with Crippen LogP contribution in [0.1, 0.15) is 5.56 Å². The zero-order valence-corrected chi connectivity index (χ0v) is 6.77. The summed E-state index contributed by atoms with van der Waals surface area (Å²) in [5.41, 5.74) is 1.67. The third-order valence-corrected chi connectivity index (χ3v) is 3.08. The van der Waals surface area contributed by atoms with Gasteiger partial charge in [0.25, 0.3) is 10.0 Å². The first-order valence-electron chi connectivity index (χ1n) is 3.23. The average Bonchev–Trinajstić information content (AvgIpc) is 1.92. The van der Waals surface area contributed by atoms with Gasteiger partial charge in [-0.15, -0.1) is 0 Å². The van der Waals surface area contributed by atoms with E-state index in [1.807, 2.05) is 13.0 Å². The summed E-state index contributed by atoms with van der Waals surface area (Å²) in [5.74, 6) is 0. The summed E-state index contributed by atoms with van der Waals surface area (Å²) in [6, 6.07) is 5.31. The van der Waals surface area contributed by atoms with Gasteiger partial charge in [0.05, 0.1) is 5.69 Å². The molecule has 1 aromatic rings. The minimum Gasteiger partial charge on any atom is -0.278 e. The number of hydrogen-bond donors (Lipinski definition) is 1. The van der Waals surface area contributed by atoms with Crippen LogP contribution in [-0.4, -0.2) is 8.42 Å². The minimum atomic E-state index is -3.11. The molecule has 4 heteroatoms. The zero-order valence-electron chi connectivity index (χ0n) is 5.96. The number of rotatable bonds is 0. The standard InChI is InChI=1S/C7H7NO2S/c1-5-2-3-6-7(4-5)11(9,10)8-6/h2-4,8H,1H3. The lowest BCUT2D eigenvalue weighted by Crippen LogP contribution is -2.24. The number of benzene rings is 1. The lowest BCUT2D eigenvalue weighted by molar-refractivity contribution is 0.596. The molecule has 0 bridgehead atoms. The Hall–Kier alpha value is -1.03. The summed E-state index contributed by atoms with van der Waals surface area (Å²) >= 11 is 0. The maximum absolute atomic E-state index is 11.0. The predicted molar refractivity (Wildman–Crippen MR) is 42.0 cm³/mol. The number of fused-ring (bicyclic) bond motifs is 1. The first kappa shape index (κ1) is 6.67. The van der Waals surface area contributed by atoms with E-state index in [2.05, 4.69) is 4.72 Å². The van der Waals surface area contributed by atoms with Crippen molar-refractivity contribution in [2.45, 2.75) is 11.8 Å². The lowest BCUT2D eigenvalue weighted by Gasteiger charge is -2.21. The monoisotopic (exact) mass is 169 g/mol. The topological polar surface area (TPSA) is 46.2 Å². The van der Waals surface area contributed by atoms with E-state index in [1.54, 1.807) is 12.1 Å². The molecule has 0 amide bonds. The molecule has 1 aliphatic rings. The molecular formula is C7H7NO2S. The van der Waals surface area contributed by atoms with Crippen molar-refractivity contribution in [3.05, 3.63) is 23.8 Å². The largest absolute Gasteiger partial charge is 0.278 e. The molecule has 1 aliphatic heterocycles. The van der Waals surface area contributed by atoms with Crippen LogP contribution in [0, 0.1) is 6.92 Å². The van der Waals surface area contributed by atoms with E-state index >= 15 is 0 Å². The SMILES string of the molecule is Cc1ccc2c(c1)S(=O)(=O)N2. The van der Waals surface area contributed by atoms with E-state index in [4.69, 9.17) is 0 Å². The molecule has 0 aliphatic carbocycles. The van der Waals surface area contributed by atoms with Crippen molar-refractivity contribution in [1.82, 2.24) is 0 Å². The van der Waals surface area contributed by atoms with Gasteiger partial charge in [0.1, 0.15) is 4.90 Å². The van der Waals surface area contributed by atoms with Gasteiger partial charge in [0.2, 0.25) is 0 Å². The van der Waals surface area contributed by atoms with Gasteiger partial charge < -0.3 is 0 Å². The molecule has 1 N–H and O–H groups in total. The molecule has 0 spiro atoms.